The number of hydrogen-bond donors (Lipinski definition) is 1. The number of aromatic nitrogens is 1. The summed E-state index contributed by atoms with van der Waals surface area (Å²) in [5, 5.41) is 5.83. The van der Waals surface area contributed by atoms with E-state index in [2.05, 4.69) is 26.2 Å². The molecule has 0 radical (unpaired) electrons. The fourth-order valence-electron chi connectivity index (χ4n) is 1.40. The lowest BCUT2D eigenvalue weighted by molar-refractivity contribution is 0.600. The minimum Gasteiger partial charge on any atom is -0.355 e. The maximum absolute atomic E-state index is 13.6. The molecule has 1 unspecified atom stereocenters. The van der Waals surface area contributed by atoms with E-state index in [0.29, 0.717) is 5.56 Å². The Morgan fingerprint density at radius 3 is 3.00 bits per heavy atom. The van der Waals surface area contributed by atoms with Crippen molar-refractivity contribution >= 4 is 32.4 Å². The van der Waals surface area contributed by atoms with Gasteiger partial charge in [0.25, 0.3) is 0 Å². The van der Waals surface area contributed by atoms with Crippen molar-refractivity contribution in [2.75, 3.05) is 5.32 Å². The number of benzene rings is 1. The molecule has 0 aliphatic heterocycles. The second-order valence-electron chi connectivity index (χ2n) is 3.37. The third-order valence-electron chi connectivity index (χ3n) is 2.20. The average molecular weight is 301 g/mol. The van der Waals surface area contributed by atoms with Gasteiger partial charge in [-0.2, -0.15) is 0 Å². The van der Waals surface area contributed by atoms with Crippen LogP contribution in [0.4, 0.5) is 9.52 Å². The molecule has 2 nitrogen and oxygen atoms in total. The van der Waals surface area contributed by atoms with Crippen LogP contribution in [0.2, 0.25) is 0 Å². The van der Waals surface area contributed by atoms with Crippen molar-refractivity contribution in [2.45, 2.75) is 13.0 Å². The Morgan fingerprint density at radius 2 is 2.31 bits per heavy atom. The lowest BCUT2D eigenvalue weighted by atomic mass is 10.1. The standard InChI is InChI=1S/C11H10BrFN2S/c1-7(15-11-14-4-5-16-11)9-6-8(12)2-3-10(9)13/h2-7H,1H3,(H,14,15). The molecule has 16 heavy (non-hydrogen) atoms. The van der Waals surface area contributed by atoms with Crippen LogP contribution in [-0.2, 0) is 0 Å². The normalized spacial score (nSPS) is 12.4. The van der Waals surface area contributed by atoms with Crippen LogP contribution < -0.4 is 5.32 Å². The number of hydrogen-bond acceptors (Lipinski definition) is 3. The summed E-state index contributed by atoms with van der Waals surface area (Å²) in [6.45, 7) is 1.91. The summed E-state index contributed by atoms with van der Waals surface area (Å²) in [6.07, 6.45) is 1.72. The van der Waals surface area contributed by atoms with Crippen molar-refractivity contribution in [1.82, 2.24) is 4.98 Å². The van der Waals surface area contributed by atoms with E-state index in [1.165, 1.54) is 17.4 Å². The molecule has 0 aliphatic rings. The van der Waals surface area contributed by atoms with Crippen LogP contribution >= 0.6 is 27.3 Å². The van der Waals surface area contributed by atoms with Gasteiger partial charge >= 0.3 is 0 Å². The first-order valence-corrected chi connectivity index (χ1v) is 6.45. The van der Waals surface area contributed by atoms with Crippen LogP contribution in [0.25, 0.3) is 0 Å². The Labute approximate surface area is 106 Å². The van der Waals surface area contributed by atoms with Gasteiger partial charge in [-0.1, -0.05) is 15.9 Å². The van der Waals surface area contributed by atoms with Gasteiger partial charge in [0.2, 0.25) is 0 Å². The molecule has 1 N–H and O–H groups in total. The smallest absolute Gasteiger partial charge is 0.183 e. The summed E-state index contributed by atoms with van der Waals surface area (Å²) in [5.74, 6) is -0.209. The zero-order chi connectivity index (χ0) is 11.5. The van der Waals surface area contributed by atoms with Gasteiger partial charge < -0.3 is 5.32 Å². The minimum absolute atomic E-state index is 0.108. The summed E-state index contributed by atoms with van der Waals surface area (Å²) < 4.78 is 14.4. The molecule has 0 saturated carbocycles. The second-order valence-corrected chi connectivity index (χ2v) is 5.18. The Bertz CT molecular complexity index is 473. The predicted molar refractivity (Wildman–Crippen MR) is 68.3 cm³/mol. The van der Waals surface area contributed by atoms with Crippen LogP contribution in [0.1, 0.15) is 18.5 Å². The molecule has 5 heteroatoms. The zero-order valence-corrected chi connectivity index (χ0v) is 11.0. The molecule has 84 valence electrons. The van der Waals surface area contributed by atoms with E-state index >= 15 is 0 Å². The monoisotopic (exact) mass is 300 g/mol. The SMILES string of the molecule is CC(Nc1nccs1)c1cc(Br)ccc1F. The molecule has 0 bridgehead atoms. The Hall–Kier alpha value is -0.940. The highest BCUT2D eigenvalue weighted by Gasteiger charge is 2.11. The number of nitrogens with zero attached hydrogens (tertiary/aromatic N) is 1. The van der Waals surface area contributed by atoms with E-state index in [0.717, 1.165) is 9.60 Å². The third-order valence-corrected chi connectivity index (χ3v) is 3.39. The van der Waals surface area contributed by atoms with Crippen molar-refractivity contribution < 1.29 is 4.39 Å². The number of halogens is 2. The first-order chi connectivity index (χ1) is 7.66. The Balaban J connectivity index is 2.20. The molecule has 2 aromatic rings. The van der Waals surface area contributed by atoms with Gasteiger partial charge in [-0.15, -0.1) is 11.3 Å². The first-order valence-electron chi connectivity index (χ1n) is 4.78. The summed E-state index contributed by atoms with van der Waals surface area (Å²) in [4.78, 5) is 4.11. The molecule has 0 fully saturated rings. The highest BCUT2D eigenvalue weighted by atomic mass is 79.9. The van der Waals surface area contributed by atoms with Crippen LogP contribution in [-0.4, -0.2) is 4.98 Å². The summed E-state index contributed by atoms with van der Waals surface area (Å²) in [5.41, 5.74) is 0.629. The van der Waals surface area contributed by atoms with Crippen LogP contribution in [0.15, 0.2) is 34.2 Å². The van der Waals surface area contributed by atoms with Crippen molar-refractivity contribution in [3.05, 3.63) is 45.6 Å². The van der Waals surface area contributed by atoms with Gasteiger partial charge in [0.1, 0.15) is 5.82 Å². The molecule has 1 aromatic heterocycles. The van der Waals surface area contributed by atoms with Crippen molar-refractivity contribution in [3.63, 3.8) is 0 Å². The zero-order valence-electron chi connectivity index (χ0n) is 8.58. The quantitative estimate of drug-likeness (QED) is 0.918. The molecule has 0 spiro atoms. The average Bonchev–Trinajstić information content (AvgIpc) is 2.74. The molecule has 0 amide bonds. The van der Waals surface area contributed by atoms with E-state index in [9.17, 15) is 4.39 Å². The molecule has 1 atom stereocenters. The minimum atomic E-state index is -0.209. The van der Waals surface area contributed by atoms with E-state index < -0.39 is 0 Å². The van der Waals surface area contributed by atoms with Crippen LogP contribution in [0.3, 0.4) is 0 Å². The van der Waals surface area contributed by atoms with E-state index in [4.69, 9.17) is 0 Å². The molecule has 1 heterocycles. The largest absolute Gasteiger partial charge is 0.355 e. The fourth-order valence-corrected chi connectivity index (χ4v) is 2.40. The van der Waals surface area contributed by atoms with Gasteiger partial charge in [-0.3, -0.25) is 0 Å². The van der Waals surface area contributed by atoms with Crippen molar-refractivity contribution in [1.29, 1.82) is 0 Å². The second kappa shape index (κ2) is 4.93. The number of nitrogens with one attached hydrogen (secondary N) is 1. The van der Waals surface area contributed by atoms with E-state index in [1.54, 1.807) is 18.3 Å². The summed E-state index contributed by atoms with van der Waals surface area (Å²) in [7, 11) is 0. The third kappa shape index (κ3) is 2.59. The lowest BCUT2D eigenvalue weighted by Crippen LogP contribution is -2.08. The van der Waals surface area contributed by atoms with Gasteiger partial charge in [-0.05, 0) is 25.1 Å². The van der Waals surface area contributed by atoms with E-state index in [1.807, 2.05) is 12.3 Å². The molecule has 1 aromatic carbocycles. The highest BCUT2D eigenvalue weighted by molar-refractivity contribution is 9.10. The maximum atomic E-state index is 13.6. The van der Waals surface area contributed by atoms with E-state index in [-0.39, 0.29) is 11.9 Å². The number of thiazole rings is 1. The predicted octanol–water partition coefficient (Wildman–Crippen LogP) is 4.22. The maximum Gasteiger partial charge on any atom is 0.183 e. The van der Waals surface area contributed by atoms with Gasteiger partial charge in [-0.25, -0.2) is 9.37 Å². The molecule has 0 saturated heterocycles. The molecule has 0 aliphatic carbocycles. The number of anilines is 1. The fraction of sp³-hybridized carbons (Fsp3) is 0.182. The van der Waals surface area contributed by atoms with Gasteiger partial charge in [0.15, 0.2) is 5.13 Å². The van der Waals surface area contributed by atoms with Crippen LogP contribution in [0, 0.1) is 5.82 Å². The highest BCUT2D eigenvalue weighted by Crippen LogP contribution is 2.25. The lowest BCUT2D eigenvalue weighted by Gasteiger charge is -2.14. The van der Waals surface area contributed by atoms with Crippen LogP contribution in [0.5, 0.6) is 0 Å². The summed E-state index contributed by atoms with van der Waals surface area (Å²) in [6, 6.07) is 4.82. The molecular formula is C11H10BrFN2S. The van der Waals surface area contributed by atoms with Crippen molar-refractivity contribution in [2.24, 2.45) is 0 Å². The summed E-state index contributed by atoms with van der Waals surface area (Å²) >= 11 is 4.83. The van der Waals surface area contributed by atoms with Gasteiger partial charge in [0.05, 0.1) is 6.04 Å². The molecular weight excluding hydrogens is 291 g/mol. The first kappa shape index (κ1) is 11.5. The van der Waals surface area contributed by atoms with Gasteiger partial charge in [0, 0.05) is 21.6 Å². The topological polar surface area (TPSA) is 24.9 Å². The Kier molecular flexibility index (Phi) is 3.56. The van der Waals surface area contributed by atoms with Crippen molar-refractivity contribution in [3.8, 4) is 0 Å². The Morgan fingerprint density at radius 1 is 1.50 bits per heavy atom. The molecule has 2 rings (SSSR count). The number of rotatable bonds is 3.